The summed E-state index contributed by atoms with van der Waals surface area (Å²) < 4.78 is 13.0. The van der Waals surface area contributed by atoms with Crippen LogP contribution in [-0.2, 0) is 12.8 Å². The highest BCUT2D eigenvalue weighted by atomic mass is 19.1. The molecule has 0 spiro atoms. The van der Waals surface area contributed by atoms with Crippen LogP contribution in [0.2, 0.25) is 0 Å². The van der Waals surface area contributed by atoms with Crippen LogP contribution >= 0.6 is 0 Å². The molecule has 4 nitrogen and oxygen atoms in total. The molecule has 1 N–H and O–H groups in total. The highest BCUT2D eigenvalue weighted by Crippen LogP contribution is 2.37. The van der Waals surface area contributed by atoms with Gasteiger partial charge in [0.1, 0.15) is 11.5 Å². The number of amides is 1. The highest BCUT2D eigenvalue weighted by Gasteiger charge is 2.27. The van der Waals surface area contributed by atoms with Crippen LogP contribution in [0.5, 0.6) is 0 Å². The van der Waals surface area contributed by atoms with Gasteiger partial charge in [-0.25, -0.2) is 4.39 Å². The summed E-state index contributed by atoms with van der Waals surface area (Å²) in [5.74, 6) is -0.462. The van der Waals surface area contributed by atoms with Gasteiger partial charge in [0.2, 0.25) is 0 Å². The minimum absolute atomic E-state index is 0.205. The molecule has 0 fully saturated rings. The number of carbonyl (C=O) groups is 1. The van der Waals surface area contributed by atoms with Gasteiger partial charge < -0.3 is 10.2 Å². The van der Waals surface area contributed by atoms with Crippen molar-refractivity contribution < 1.29 is 9.18 Å². The first-order chi connectivity index (χ1) is 13.6. The first-order valence-corrected chi connectivity index (χ1v) is 9.47. The van der Waals surface area contributed by atoms with E-state index in [1.54, 1.807) is 18.3 Å². The number of hydrogen-bond donors (Lipinski definition) is 1. The maximum absolute atomic E-state index is 13.0. The van der Waals surface area contributed by atoms with Crippen molar-refractivity contribution in [1.82, 2.24) is 10.3 Å². The molecule has 2 heterocycles. The van der Waals surface area contributed by atoms with E-state index in [9.17, 15) is 9.18 Å². The Morgan fingerprint density at radius 2 is 1.96 bits per heavy atom. The number of hydrogen-bond acceptors (Lipinski definition) is 3. The van der Waals surface area contributed by atoms with Crippen molar-refractivity contribution >= 4 is 17.3 Å². The molecule has 142 valence electrons. The number of para-hydroxylation sites is 1. The molecule has 28 heavy (non-hydrogen) atoms. The summed E-state index contributed by atoms with van der Waals surface area (Å²) in [6, 6.07) is 18.8. The molecule has 1 unspecified atom stereocenters. The summed E-state index contributed by atoms with van der Waals surface area (Å²) in [4.78, 5) is 19.0. The van der Waals surface area contributed by atoms with Gasteiger partial charge in [0.25, 0.3) is 5.91 Å². The predicted octanol–water partition coefficient (Wildman–Crippen LogP) is 4.28. The molecule has 1 amide bonds. The maximum atomic E-state index is 13.0. The van der Waals surface area contributed by atoms with E-state index < -0.39 is 0 Å². The maximum Gasteiger partial charge on any atom is 0.269 e. The van der Waals surface area contributed by atoms with Gasteiger partial charge in [-0.15, -0.1) is 0 Å². The first-order valence-electron chi connectivity index (χ1n) is 9.47. The third kappa shape index (κ3) is 3.74. The topological polar surface area (TPSA) is 45.2 Å². The second-order valence-electron chi connectivity index (χ2n) is 7.08. The molecular formula is C23H22FN3O. The number of carbonyl (C=O) groups excluding carboxylic acids is 1. The molecule has 0 saturated carbocycles. The lowest BCUT2D eigenvalue weighted by Gasteiger charge is -2.25. The molecule has 0 aliphatic carbocycles. The lowest BCUT2D eigenvalue weighted by molar-refractivity contribution is 0.0949. The number of anilines is 2. The Balaban J connectivity index is 1.45. The fourth-order valence-electron chi connectivity index (χ4n) is 3.71. The van der Waals surface area contributed by atoms with Gasteiger partial charge in [-0.1, -0.05) is 30.3 Å². The standard InChI is InChI=1S/C23H22FN3O/c1-16-14-18-4-2-3-5-22(18)27(16)20-11-13-25-21(15-20)23(28)26-12-10-17-6-8-19(24)9-7-17/h2-9,11,13,15-16H,10,12,14H2,1H3,(H,26,28). The van der Waals surface area contributed by atoms with Gasteiger partial charge in [-0.3, -0.25) is 9.78 Å². The monoisotopic (exact) mass is 375 g/mol. The third-order valence-corrected chi connectivity index (χ3v) is 5.07. The van der Waals surface area contributed by atoms with E-state index in [-0.39, 0.29) is 11.7 Å². The zero-order chi connectivity index (χ0) is 19.5. The van der Waals surface area contributed by atoms with E-state index in [1.807, 2.05) is 18.2 Å². The Morgan fingerprint density at radius 3 is 2.79 bits per heavy atom. The van der Waals surface area contributed by atoms with E-state index in [0.29, 0.717) is 24.7 Å². The summed E-state index contributed by atoms with van der Waals surface area (Å²) in [7, 11) is 0. The molecule has 1 atom stereocenters. The van der Waals surface area contributed by atoms with Crippen LogP contribution in [0.1, 0.15) is 28.5 Å². The van der Waals surface area contributed by atoms with Crippen LogP contribution in [0.4, 0.5) is 15.8 Å². The second-order valence-corrected chi connectivity index (χ2v) is 7.08. The Morgan fingerprint density at radius 1 is 1.18 bits per heavy atom. The third-order valence-electron chi connectivity index (χ3n) is 5.07. The average molecular weight is 375 g/mol. The van der Waals surface area contributed by atoms with Gasteiger partial charge in [-0.2, -0.15) is 0 Å². The van der Waals surface area contributed by atoms with Crippen LogP contribution in [-0.4, -0.2) is 23.5 Å². The molecular weight excluding hydrogens is 353 g/mol. The zero-order valence-corrected chi connectivity index (χ0v) is 15.7. The van der Waals surface area contributed by atoms with Crippen molar-refractivity contribution in [3.63, 3.8) is 0 Å². The van der Waals surface area contributed by atoms with Crippen LogP contribution < -0.4 is 10.2 Å². The van der Waals surface area contributed by atoms with E-state index >= 15 is 0 Å². The van der Waals surface area contributed by atoms with Crippen molar-refractivity contribution in [1.29, 1.82) is 0 Å². The fraction of sp³-hybridized carbons (Fsp3) is 0.217. The molecule has 1 aromatic heterocycles. The molecule has 1 aliphatic heterocycles. The van der Waals surface area contributed by atoms with Gasteiger partial charge >= 0.3 is 0 Å². The normalized spacial score (nSPS) is 15.4. The van der Waals surface area contributed by atoms with Crippen LogP contribution in [0.25, 0.3) is 0 Å². The Labute approximate surface area is 164 Å². The van der Waals surface area contributed by atoms with Gasteiger partial charge in [0, 0.05) is 30.2 Å². The van der Waals surface area contributed by atoms with Crippen LogP contribution in [0.3, 0.4) is 0 Å². The number of pyridine rings is 1. The molecule has 0 saturated heterocycles. The van der Waals surface area contributed by atoms with E-state index in [2.05, 4.69) is 40.3 Å². The fourth-order valence-corrected chi connectivity index (χ4v) is 3.71. The summed E-state index contributed by atoms with van der Waals surface area (Å²) >= 11 is 0. The quantitative estimate of drug-likeness (QED) is 0.724. The second kappa shape index (κ2) is 7.80. The largest absolute Gasteiger partial charge is 0.350 e. The molecule has 3 aromatic rings. The number of nitrogens with one attached hydrogen (secondary N) is 1. The average Bonchev–Trinajstić information content (AvgIpc) is 3.05. The highest BCUT2D eigenvalue weighted by molar-refractivity contribution is 5.93. The number of rotatable bonds is 5. The minimum Gasteiger partial charge on any atom is -0.350 e. The van der Waals surface area contributed by atoms with E-state index in [4.69, 9.17) is 0 Å². The predicted molar refractivity (Wildman–Crippen MR) is 108 cm³/mol. The van der Waals surface area contributed by atoms with Crippen molar-refractivity contribution in [2.45, 2.75) is 25.8 Å². The van der Waals surface area contributed by atoms with E-state index in [0.717, 1.165) is 17.7 Å². The SMILES string of the molecule is CC1Cc2ccccc2N1c1ccnc(C(=O)NCCc2ccc(F)cc2)c1. The Kier molecular flexibility index (Phi) is 5.06. The lowest BCUT2D eigenvalue weighted by atomic mass is 10.1. The van der Waals surface area contributed by atoms with Crippen molar-refractivity contribution in [3.05, 3.63) is 89.5 Å². The number of benzene rings is 2. The Bertz CT molecular complexity index is 987. The smallest absolute Gasteiger partial charge is 0.269 e. The van der Waals surface area contributed by atoms with Gasteiger partial charge in [-0.05, 0) is 61.2 Å². The number of halogens is 1. The van der Waals surface area contributed by atoms with Crippen molar-refractivity contribution in [3.8, 4) is 0 Å². The molecule has 2 aromatic carbocycles. The summed E-state index contributed by atoms with van der Waals surface area (Å²) in [5, 5.41) is 2.90. The number of nitrogens with zero attached hydrogens (tertiary/aromatic N) is 2. The van der Waals surface area contributed by atoms with Crippen molar-refractivity contribution in [2.24, 2.45) is 0 Å². The minimum atomic E-state index is -0.258. The summed E-state index contributed by atoms with van der Waals surface area (Å²) in [6.45, 7) is 2.65. The number of fused-ring (bicyclic) bond motifs is 1. The zero-order valence-electron chi connectivity index (χ0n) is 15.7. The summed E-state index contributed by atoms with van der Waals surface area (Å²) in [6.07, 6.45) is 3.30. The van der Waals surface area contributed by atoms with E-state index in [1.165, 1.54) is 23.4 Å². The number of aromatic nitrogens is 1. The first kappa shape index (κ1) is 18.2. The van der Waals surface area contributed by atoms with Crippen LogP contribution in [0, 0.1) is 5.82 Å². The summed E-state index contributed by atoms with van der Waals surface area (Å²) in [5.41, 5.74) is 4.84. The lowest BCUT2D eigenvalue weighted by Crippen LogP contribution is -2.28. The molecule has 1 aliphatic rings. The van der Waals surface area contributed by atoms with Gasteiger partial charge in [0.15, 0.2) is 0 Å². The van der Waals surface area contributed by atoms with Crippen LogP contribution in [0.15, 0.2) is 66.9 Å². The molecule has 0 bridgehead atoms. The molecule has 5 heteroatoms. The molecule has 4 rings (SSSR count). The van der Waals surface area contributed by atoms with Crippen molar-refractivity contribution in [2.75, 3.05) is 11.4 Å². The van der Waals surface area contributed by atoms with Gasteiger partial charge in [0.05, 0.1) is 0 Å². The molecule has 0 radical (unpaired) electrons. The Hall–Kier alpha value is -3.21.